The summed E-state index contributed by atoms with van der Waals surface area (Å²) in [5.41, 5.74) is 41.8. The van der Waals surface area contributed by atoms with Gasteiger partial charge in [-0.15, -0.1) is 0 Å². The second-order valence-corrected chi connectivity index (χ2v) is 40.0. The van der Waals surface area contributed by atoms with Crippen molar-refractivity contribution in [2.75, 3.05) is 9.80 Å². The van der Waals surface area contributed by atoms with Gasteiger partial charge in [-0.05, 0) is 392 Å². The van der Waals surface area contributed by atoms with Gasteiger partial charge in [0.15, 0.2) is 0 Å². The van der Waals surface area contributed by atoms with Crippen LogP contribution in [-0.4, -0.2) is 9.13 Å². The number of aromatic nitrogens is 2. The van der Waals surface area contributed by atoms with Crippen LogP contribution in [0.3, 0.4) is 0 Å². The number of hydrogen-bond donors (Lipinski definition) is 0. The third-order valence-corrected chi connectivity index (χ3v) is 30.9. The average Bonchev–Trinajstić information content (AvgIpc) is 1.59. The maximum Gasteiger partial charge on any atom is 0.127 e. The molecule has 21 aromatic carbocycles. The average molecular weight is 1910 g/mol. The first-order chi connectivity index (χ1) is 73.0. The summed E-state index contributed by atoms with van der Waals surface area (Å²) < 4.78 is 17.3. The van der Waals surface area contributed by atoms with Crippen molar-refractivity contribution < 1.29 is 9.47 Å². The topological polar surface area (TPSA) is 34.8 Å². The van der Waals surface area contributed by atoms with Gasteiger partial charge in [-0.1, -0.05) is 343 Å². The van der Waals surface area contributed by atoms with Crippen molar-refractivity contribution >= 4 is 77.7 Å². The number of aryl methyl sites for hydroxylation is 4. The molecule has 4 atom stereocenters. The molecule has 0 amide bonds. The molecular formula is C142H116N4O2. The highest BCUT2D eigenvalue weighted by molar-refractivity contribution is 6.13. The van der Waals surface area contributed by atoms with E-state index in [4.69, 9.17) is 9.47 Å². The van der Waals surface area contributed by atoms with Crippen LogP contribution in [-0.2, 0) is 25.7 Å². The molecule has 716 valence electrons. The van der Waals surface area contributed by atoms with Gasteiger partial charge in [0, 0.05) is 67.0 Å². The summed E-state index contributed by atoms with van der Waals surface area (Å²) in [6.07, 6.45) is 9.04. The van der Waals surface area contributed by atoms with Crippen molar-refractivity contribution in [3.63, 3.8) is 0 Å². The minimum absolute atomic E-state index is 0.414. The molecular weight excluding hydrogens is 1790 g/mol. The first kappa shape index (κ1) is 92.8. The summed E-state index contributed by atoms with van der Waals surface area (Å²) in [6, 6.07) is 186. The van der Waals surface area contributed by atoms with Gasteiger partial charge < -0.3 is 28.4 Å². The van der Waals surface area contributed by atoms with E-state index in [-0.39, 0.29) is 0 Å². The molecule has 0 aliphatic heterocycles. The molecule has 6 heteroatoms. The van der Waals surface area contributed by atoms with E-state index in [2.05, 4.69) is 556 Å². The molecule has 0 fully saturated rings. The highest BCUT2D eigenvalue weighted by Gasteiger charge is 2.26. The highest BCUT2D eigenvalue weighted by atomic mass is 16.5. The Kier molecular flexibility index (Phi) is 26.1. The van der Waals surface area contributed by atoms with E-state index in [0.29, 0.717) is 23.7 Å². The summed E-state index contributed by atoms with van der Waals surface area (Å²) in [7, 11) is 0. The standard InChI is InChI=1S/C74H60N2O.C68H56N2O/c1-3-52(55-33-42-69(43-34-55)77-70-44-35-61-27-28-62(61)48-70)47-51(2)53-19-21-59(22-20-53)63-36-45-73-71(49-63)72-50-64(37-46-74(72)76(73)66-17-11-6-12-18-66)60-25-23-56(24-26-60)58-31-40-68(41-32-58)75(65-15-9-5-10-16-65)67-38-29-57(30-39-67)54-13-7-4-8-14-54;1-3-48(51-29-38-63(39-30-51)71-64-40-31-54-23-24-56(54)44-64)43-47(2)49-19-21-53(22-20-49)57-32-41-67-65(45-57)66-46-58(33-42-68(66)70(67)60-17-11-6-12-18-60)55-27-36-62(37-28-55)69(59-15-9-5-10-16-59)61-34-25-52(26-35-61)50-13-7-4-8-14-50/h4-26,29-46,48-52H,3,27-28,47H2,1-2H3;4-22,25-42,44-48H,3,23-24,43H2,1-2H3. The molecule has 0 saturated carbocycles. The first-order valence-corrected chi connectivity index (χ1v) is 52.6. The number of hydrogen-bond acceptors (Lipinski definition) is 4. The number of ether oxygens (including phenoxy) is 2. The fourth-order valence-electron chi connectivity index (χ4n) is 22.4. The Morgan fingerprint density at radius 1 is 0.203 bits per heavy atom. The lowest BCUT2D eigenvalue weighted by Gasteiger charge is -2.26. The largest absolute Gasteiger partial charge is 0.457 e. The first-order valence-electron chi connectivity index (χ1n) is 52.6. The van der Waals surface area contributed by atoms with Crippen molar-refractivity contribution in [3.05, 3.63) is 554 Å². The zero-order valence-corrected chi connectivity index (χ0v) is 84.1. The molecule has 25 rings (SSSR count). The van der Waals surface area contributed by atoms with Gasteiger partial charge in [0.25, 0.3) is 0 Å². The van der Waals surface area contributed by atoms with Gasteiger partial charge in [0.05, 0.1) is 22.1 Å². The van der Waals surface area contributed by atoms with Crippen LogP contribution in [0.1, 0.15) is 122 Å². The number of para-hydroxylation sites is 4. The minimum Gasteiger partial charge on any atom is -0.457 e. The zero-order chi connectivity index (χ0) is 99.3. The monoisotopic (exact) mass is 1910 g/mol. The molecule has 0 spiro atoms. The van der Waals surface area contributed by atoms with E-state index < -0.39 is 0 Å². The van der Waals surface area contributed by atoms with E-state index in [9.17, 15) is 0 Å². The second-order valence-electron chi connectivity index (χ2n) is 40.0. The molecule has 2 aliphatic carbocycles. The normalized spacial score (nSPS) is 12.8. The number of nitrogens with zero attached hydrogens (tertiary/aromatic N) is 4. The van der Waals surface area contributed by atoms with Crippen molar-refractivity contribution in [1.82, 2.24) is 9.13 Å². The molecule has 2 aliphatic rings. The van der Waals surface area contributed by atoms with Crippen LogP contribution >= 0.6 is 0 Å². The molecule has 0 bridgehead atoms. The van der Waals surface area contributed by atoms with Crippen LogP contribution in [0, 0.1) is 0 Å². The Balaban J connectivity index is 0.000000159. The highest BCUT2D eigenvalue weighted by Crippen LogP contribution is 2.47. The summed E-state index contributed by atoms with van der Waals surface area (Å²) in [5, 5.41) is 4.96. The Bertz CT molecular complexity index is 8590. The minimum atomic E-state index is 0.414. The number of anilines is 6. The molecule has 148 heavy (non-hydrogen) atoms. The number of rotatable bonds is 29. The zero-order valence-electron chi connectivity index (χ0n) is 84.1. The van der Waals surface area contributed by atoms with Crippen molar-refractivity contribution in [2.45, 2.75) is 103 Å². The molecule has 0 radical (unpaired) electrons. The van der Waals surface area contributed by atoms with Gasteiger partial charge in [-0.25, -0.2) is 0 Å². The predicted octanol–water partition coefficient (Wildman–Crippen LogP) is 39.3. The van der Waals surface area contributed by atoms with Gasteiger partial charge in [0.1, 0.15) is 23.0 Å². The summed E-state index contributed by atoms with van der Waals surface area (Å²) in [4.78, 5) is 4.65. The van der Waals surface area contributed by atoms with Crippen LogP contribution in [0.25, 0.3) is 133 Å². The molecule has 0 saturated heterocycles. The number of fused-ring (bicyclic) bond motifs is 8. The molecule has 23 aromatic rings. The fourth-order valence-corrected chi connectivity index (χ4v) is 22.4. The van der Waals surface area contributed by atoms with E-state index in [0.717, 1.165) is 107 Å². The van der Waals surface area contributed by atoms with Crippen LogP contribution in [0.5, 0.6) is 23.0 Å². The number of benzene rings is 21. The Morgan fingerprint density at radius 2 is 0.426 bits per heavy atom. The molecule has 6 nitrogen and oxygen atoms in total. The van der Waals surface area contributed by atoms with Gasteiger partial charge in [-0.3, -0.25) is 0 Å². The molecule has 2 aromatic heterocycles. The van der Waals surface area contributed by atoms with E-state index >= 15 is 0 Å². The Labute approximate surface area is 869 Å². The van der Waals surface area contributed by atoms with Crippen LogP contribution in [0.2, 0.25) is 0 Å². The van der Waals surface area contributed by atoms with E-state index in [1.165, 1.54) is 179 Å². The van der Waals surface area contributed by atoms with Crippen molar-refractivity contribution in [3.8, 4) is 112 Å². The third-order valence-electron chi connectivity index (χ3n) is 30.9. The fraction of sp³-hybridized carbons (Fsp3) is 0.113. The van der Waals surface area contributed by atoms with Gasteiger partial charge >= 0.3 is 0 Å². The molecule has 0 N–H and O–H groups in total. The van der Waals surface area contributed by atoms with Crippen molar-refractivity contribution in [1.29, 1.82) is 0 Å². The van der Waals surface area contributed by atoms with Crippen molar-refractivity contribution in [2.24, 2.45) is 0 Å². The Hall–Kier alpha value is -17.6. The van der Waals surface area contributed by atoms with Gasteiger partial charge in [-0.2, -0.15) is 0 Å². The molecule has 4 unspecified atom stereocenters. The van der Waals surface area contributed by atoms with Crippen LogP contribution in [0.15, 0.2) is 510 Å². The lowest BCUT2D eigenvalue weighted by atomic mass is 9.84. The van der Waals surface area contributed by atoms with E-state index in [1.54, 1.807) is 0 Å². The lowest BCUT2D eigenvalue weighted by molar-refractivity contribution is 0.479. The summed E-state index contributed by atoms with van der Waals surface area (Å²) in [5.74, 6) is 5.42. The predicted molar refractivity (Wildman–Crippen MR) is 622 cm³/mol. The molecule has 2 heterocycles. The third kappa shape index (κ3) is 19.3. The van der Waals surface area contributed by atoms with E-state index in [1.807, 2.05) is 0 Å². The Morgan fingerprint density at radius 3 is 0.696 bits per heavy atom. The van der Waals surface area contributed by atoms with Crippen LogP contribution in [0.4, 0.5) is 34.1 Å². The summed E-state index contributed by atoms with van der Waals surface area (Å²) >= 11 is 0. The summed E-state index contributed by atoms with van der Waals surface area (Å²) in [6.45, 7) is 9.37. The SMILES string of the molecule is CCC(CC(C)c1ccc(-c2ccc3c(c2)c2cc(-c4ccc(-c5ccc(N(c6ccccc6)c6ccc(-c7ccccc7)cc6)cc5)cc4)ccc2n3-c2ccccc2)cc1)c1ccc(Oc2ccc3c(c2)CC3)cc1.CCC(CC(C)c1ccc(-c2ccc3c(c2)c2cc(-c4ccc(N(c5ccccc5)c5ccc(-c6ccccc6)cc5)cc4)ccc2n3-c2ccccc2)cc1)c1ccc(Oc2ccc3c(c2)CC3)cc1. The quantitative estimate of drug-likeness (QED) is 0.0468. The second kappa shape index (κ2) is 41.6. The van der Waals surface area contributed by atoms with Crippen LogP contribution < -0.4 is 19.3 Å². The maximum absolute atomic E-state index is 6.25. The maximum atomic E-state index is 6.25. The lowest BCUT2D eigenvalue weighted by Crippen LogP contribution is -2.09. The smallest absolute Gasteiger partial charge is 0.127 e. The van der Waals surface area contributed by atoms with Gasteiger partial charge in [0.2, 0.25) is 0 Å².